The van der Waals surface area contributed by atoms with Crippen LogP contribution in [0.3, 0.4) is 0 Å². The first kappa shape index (κ1) is 16.8. The molecule has 4 heteroatoms. The van der Waals surface area contributed by atoms with Crippen LogP contribution in [0.5, 0.6) is 0 Å². The SMILES string of the molecule is CC(O)CC(C)(C)CNC(=O)N1CCCC1c1ccccc1. The van der Waals surface area contributed by atoms with Crippen LogP contribution >= 0.6 is 0 Å². The van der Waals surface area contributed by atoms with E-state index >= 15 is 0 Å². The fourth-order valence-electron chi connectivity index (χ4n) is 3.32. The van der Waals surface area contributed by atoms with Crippen molar-refractivity contribution in [2.45, 2.75) is 52.2 Å². The van der Waals surface area contributed by atoms with E-state index in [-0.39, 0.29) is 23.6 Å². The van der Waals surface area contributed by atoms with Gasteiger partial charge in [0.05, 0.1) is 12.1 Å². The Balaban J connectivity index is 1.94. The molecule has 0 radical (unpaired) electrons. The topological polar surface area (TPSA) is 52.6 Å². The van der Waals surface area contributed by atoms with Gasteiger partial charge < -0.3 is 15.3 Å². The van der Waals surface area contributed by atoms with Gasteiger partial charge in [-0.25, -0.2) is 4.79 Å². The first-order valence-corrected chi connectivity index (χ1v) is 8.16. The number of benzene rings is 1. The first-order chi connectivity index (χ1) is 10.4. The van der Waals surface area contributed by atoms with E-state index < -0.39 is 0 Å². The second-order valence-electron chi connectivity index (χ2n) is 7.14. The van der Waals surface area contributed by atoms with Crippen LogP contribution in [0.25, 0.3) is 0 Å². The van der Waals surface area contributed by atoms with Crippen LogP contribution in [-0.4, -0.2) is 35.2 Å². The summed E-state index contributed by atoms with van der Waals surface area (Å²) < 4.78 is 0. The average Bonchev–Trinajstić information content (AvgIpc) is 2.94. The number of nitrogens with zero attached hydrogens (tertiary/aromatic N) is 1. The van der Waals surface area contributed by atoms with Gasteiger partial charge in [0.25, 0.3) is 0 Å². The Morgan fingerprint density at radius 3 is 2.73 bits per heavy atom. The third-order valence-corrected chi connectivity index (χ3v) is 4.26. The Morgan fingerprint density at radius 1 is 1.41 bits per heavy atom. The van der Waals surface area contributed by atoms with Crippen LogP contribution in [0, 0.1) is 5.41 Å². The number of hydrogen-bond acceptors (Lipinski definition) is 2. The highest BCUT2D eigenvalue weighted by Crippen LogP contribution is 2.31. The molecule has 1 aromatic rings. The predicted octanol–water partition coefficient (Wildman–Crippen LogP) is 3.33. The highest BCUT2D eigenvalue weighted by molar-refractivity contribution is 5.75. The Labute approximate surface area is 133 Å². The molecule has 2 N–H and O–H groups in total. The van der Waals surface area contributed by atoms with Gasteiger partial charge in [0.15, 0.2) is 0 Å². The number of aliphatic hydroxyl groups is 1. The molecule has 2 unspecified atom stereocenters. The second-order valence-corrected chi connectivity index (χ2v) is 7.14. The molecule has 2 atom stereocenters. The summed E-state index contributed by atoms with van der Waals surface area (Å²) in [5, 5.41) is 12.6. The number of carbonyl (C=O) groups is 1. The number of amides is 2. The lowest BCUT2D eigenvalue weighted by molar-refractivity contribution is 0.126. The summed E-state index contributed by atoms with van der Waals surface area (Å²) in [4.78, 5) is 14.5. The molecule has 1 aliphatic heterocycles. The van der Waals surface area contributed by atoms with Gasteiger partial charge in [-0.05, 0) is 37.2 Å². The third-order valence-electron chi connectivity index (χ3n) is 4.26. The normalized spacial score (nSPS) is 20.0. The molecule has 0 aromatic heterocycles. The largest absolute Gasteiger partial charge is 0.393 e. The molecule has 1 heterocycles. The van der Waals surface area contributed by atoms with Crippen molar-refractivity contribution in [2.24, 2.45) is 5.41 Å². The minimum atomic E-state index is -0.351. The lowest BCUT2D eigenvalue weighted by atomic mass is 9.87. The molecule has 0 spiro atoms. The van der Waals surface area contributed by atoms with Crippen molar-refractivity contribution in [1.29, 1.82) is 0 Å². The molecule has 0 bridgehead atoms. The maximum Gasteiger partial charge on any atom is 0.317 e. The first-order valence-electron chi connectivity index (χ1n) is 8.16. The molecule has 122 valence electrons. The van der Waals surface area contributed by atoms with E-state index in [0.717, 1.165) is 19.4 Å². The molecule has 1 fully saturated rings. The van der Waals surface area contributed by atoms with Crippen LogP contribution in [0.1, 0.15) is 51.6 Å². The van der Waals surface area contributed by atoms with Crippen LogP contribution < -0.4 is 5.32 Å². The summed E-state index contributed by atoms with van der Waals surface area (Å²) in [6.45, 7) is 7.31. The molecule has 2 amide bonds. The highest BCUT2D eigenvalue weighted by Gasteiger charge is 2.30. The van der Waals surface area contributed by atoms with Crippen molar-refractivity contribution in [1.82, 2.24) is 10.2 Å². The number of likely N-dealkylation sites (tertiary alicyclic amines) is 1. The van der Waals surface area contributed by atoms with Crippen molar-refractivity contribution in [2.75, 3.05) is 13.1 Å². The number of aliphatic hydroxyl groups excluding tert-OH is 1. The minimum absolute atomic E-state index is 0.00465. The van der Waals surface area contributed by atoms with Crippen molar-refractivity contribution >= 4 is 6.03 Å². The van der Waals surface area contributed by atoms with Gasteiger partial charge in [-0.2, -0.15) is 0 Å². The Hall–Kier alpha value is -1.55. The fourth-order valence-corrected chi connectivity index (χ4v) is 3.32. The van der Waals surface area contributed by atoms with Crippen molar-refractivity contribution in [3.05, 3.63) is 35.9 Å². The number of urea groups is 1. The smallest absolute Gasteiger partial charge is 0.317 e. The van der Waals surface area contributed by atoms with Gasteiger partial charge >= 0.3 is 6.03 Å². The molecular formula is C18H28N2O2. The molecule has 0 saturated carbocycles. The third kappa shape index (κ3) is 4.47. The zero-order chi connectivity index (χ0) is 16.2. The van der Waals surface area contributed by atoms with E-state index in [1.165, 1.54) is 5.56 Å². The lowest BCUT2D eigenvalue weighted by Crippen LogP contribution is -2.43. The standard InChI is InChI=1S/C18H28N2O2/c1-14(21)12-18(2,3)13-19-17(22)20-11-7-10-16(20)15-8-5-4-6-9-15/h4-6,8-9,14,16,21H,7,10-13H2,1-3H3,(H,19,22). The van der Waals surface area contributed by atoms with Gasteiger partial charge in [0, 0.05) is 13.1 Å². The van der Waals surface area contributed by atoms with E-state index in [2.05, 4.69) is 31.3 Å². The molecule has 22 heavy (non-hydrogen) atoms. The highest BCUT2D eigenvalue weighted by atomic mass is 16.3. The van der Waals surface area contributed by atoms with E-state index in [9.17, 15) is 9.90 Å². The molecule has 1 aromatic carbocycles. The molecule has 0 aliphatic carbocycles. The minimum Gasteiger partial charge on any atom is -0.393 e. The Bertz CT molecular complexity index is 485. The van der Waals surface area contributed by atoms with E-state index in [0.29, 0.717) is 13.0 Å². The van der Waals surface area contributed by atoms with Crippen LogP contribution in [0.15, 0.2) is 30.3 Å². The maximum absolute atomic E-state index is 12.5. The summed E-state index contributed by atoms with van der Waals surface area (Å²) >= 11 is 0. The Morgan fingerprint density at radius 2 is 2.09 bits per heavy atom. The summed E-state index contributed by atoms with van der Waals surface area (Å²) in [5.41, 5.74) is 1.10. The fraction of sp³-hybridized carbons (Fsp3) is 0.611. The maximum atomic E-state index is 12.5. The van der Waals surface area contributed by atoms with Crippen molar-refractivity contribution in [3.8, 4) is 0 Å². The lowest BCUT2D eigenvalue weighted by Gasteiger charge is -2.30. The molecule has 1 aliphatic rings. The summed E-state index contributed by atoms with van der Waals surface area (Å²) in [6, 6.07) is 10.4. The van der Waals surface area contributed by atoms with Crippen LogP contribution in [-0.2, 0) is 0 Å². The second kappa shape index (κ2) is 7.14. The summed E-state index contributed by atoms with van der Waals surface area (Å²) in [5.74, 6) is 0. The zero-order valence-corrected chi connectivity index (χ0v) is 13.9. The number of nitrogens with one attached hydrogen (secondary N) is 1. The monoisotopic (exact) mass is 304 g/mol. The van der Waals surface area contributed by atoms with Crippen molar-refractivity contribution < 1.29 is 9.90 Å². The number of carbonyl (C=O) groups excluding carboxylic acids is 1. The number of rotatable bonds is 5. The van der Waals surface area contributed by atoms with Gasteiger partial charge in [-0.3, -0.25) is 0 Å². The van der Waals surface area contributed by atoms with Gasteiger partial charge in [-0.1, -0.05) is 44.2 Å². The van der Waals surface area contributed by atoms with Gasteiger partial charge in [-0.15, -0.1) is 0 Å². The molecule has 4 nitrogen and oxygen atoms in total. The average molecular weight is 304 g/mol. The summed E-state index contributed by atoms with van der Waals surface area (Å²) in [7, 11) is 0. The number of hydrogen-bond donors (Lipinski definition) is 2. The predicted molar refractivity (Wildman–Crippen MR) is 88.6 cm³/mol. The van der Waals surface area contributed by atoms with Gasteiger partial charge in [0.1, 0.15) is 0 Å². The van der Waals surface area contributed by atoms with Crippen LogP contribution in [0.4, 0.5) is 4.79 Å². The van der Waals surface area contributed by atoms with E-state index in [1.807, 2.05) is 23.1 Å². The Kier molecular flexibility index (Phi) is 5.46. The van der Waals surface area contributed by atoms with E-state index in [4.69, 9.17) is 0 Å². The molecule has 1 saturated heterocycles. The molecular weight excluding hydrogens is 276 g/mol. The van der Waals surface area contributed by atoms with Crippen molar-refractivity contribution in [3.63, 3.8) is 0 Å². The molecule has 2 rings (SSSR count). The summed E-state index contributed by atoms with van der Waals surface area (Å²) in [6.07, 6.45) is 2.39. The van der Waals surface area contributed by atoms with E-state index in [1.54, 1.807) is 6.92 Å². The quantitative estimate of drug-likeness (QED) is 0.876. The van der Waals surface area contributed by atoms with Gasteiger partial charge in [0.2, 0.25) is 0 Å². The van der Waals surface area contributed by atoms with Crippen LogP contribution in [0.2, 0.25) is 0 Å². The zero-order valence-electron chi connectivity index (χ0n) is 13.9.